The Labute approximate surface area is 123 Å². The fourth-order valence-corrected chi connectivity index (χ4v) is 4.53. The molecule has 3 aromatic carbocycles. The van der Waals surface area contributed by atoms with E-state index < -0.39 is 9.84 Å². The summed E-state index contributed by atoms with van der Waals surface area (Å²) in [5, 5.41) is 0. The van der Waals surface area contributed by atoms with Crippen LogP contribution in [0.15, 0.2) is 82.6 Å². The maximum atomic E-state index is 12.7. The Morgan fingerprint density at radius 3 is 2.05 bits per heavy atom. The van der Waals surface area contributed by atoms with Gasteiger partial charge in [0.2, 0.25) is 9.84 Å². The van der Waals surface area contributed by atoms with Gasteiger partial charge in [-0.2, -0.15) is 0 Å². The van der Waals surface area contributed by atoms with E-state index in [-0.39, 0.29) is 0 Å². The molecule has 2 nitrogen and oxygen atoms in total. The SMILES string of the molecule is O=S1(=O)c2ccccc2-c2ccc(-c3ccccc3)cc21. The van der Waals surface area contributed by atoms with Gasteiger partial charge in [-0.25, -0.2) is 8.42 Å². The zero-order valence-corrected chi connectivity index (χ0v) is 12.0. The molecule has 0 saturated heterocycles. The van der Waals surface area contributed by atoms with Gasteiger partial charge >= 0.3 is 0 Å². The van der Waals surface area contributed by atoms with Crippen LogP contribution >= 0.6 is 0 Å². The van der Waals surface area contributed by atoms with Crippen LogP contribution in [0.1, 0.15) is 0 Å². The maximum Gasteiger partial charge on any atom is 0.207 e. The van der Waals surface area contributed by atoms with Crippen LogP contribution < -0.4 is 0 Å². The summed E-state index contributed by atoms with van der Waals surface area (Å²) >= 11 is 0. The lowest BCUT2D eigenvalue weighted by Crippen LogP contribution is -1.96. The predicted octanol–water partition coefficient (Wildman–Crippen LogP) is 4.17. The molecule has 1 aliphatic heterocycles. The average Bonchev–Trinajstić information content (AvgIpc) is 2.77. The highest BCUT2D eigenvalue weighted by Crippen LogP contribution is 2.44. The molecule has 0 fully saturated rings. The van der Waals surface area contributed by atoms with Crippen molar-refractivity contribution in [2.24, 2.45) is 0 Å². The molecule has 0 spiro atoms. The Hall–Kier alpha value is -2.39. The molecule has 0 N–H and O–H groups in total. The quantitative estimate of drug-likeness (QED) is 0.528. The van der Waals surface area contributed by atoms with Gasteiger partial charge in [-0.1, -0.05) is 60.7 Å². The molecule has 3 aromatic rings. The van der Waals surface area contributed by atoms with Crippen molar-refractivity contribution in [2.45, 2.75) is 9.79 Å². The van der Waals surface area contributed by atoms with E-state index in [0.29, 0.717) is 9.79 Å². The lowest BCUT2D eigenvalue weighted by Gasteiger charge is -2.05. The standard InChI is InChI=1S/C18H12O2S/c19-21(20)17-9-5-4-8-15(17)16-11-10-14(12-18(16)21)13-6-2-1-3-7-13/h1-12H. The lowest BCUT2D eigenvalue weighted by atomic mass is 10.0. The van der Waals surface area contributed by atoms with E-state index >= 15 is 0 Å². The van der Waals surface area contributed by atoms with Crippen LogP contribution in [0.25, 0.3) is 22.3 Å². The molecule has 21 heavy (non-hydrogen) atoms. The third kappa shape index (κ3) is 1.74. The van der Waals surface area contributed by atoms with E-state index in [1.165, 1.54) is 0 Å². The van der Waals surface area contributed by atoms with Crippen molar-refractivity contribution in [3.05, 3.63) is 72.8 Å². The first kappa shape index (κ1) is 12.4. The van der Waals surface area contributed by atoms with E-state index in [2.05, 4.69) is 0 Å². The summed E-state index contributed by atoms with van der Waals surface area (Å²) in [5.41, 5.74) is 3.54. The number of benzene rings is 3. The first-order valence-corrected chi connectivity index (χ1v) is 8.20. The topological polar surface area (TPSA) is 34.1 Å². The molecule has 0 bridgehead atoms. The Morgan fingerprint density at radius 2 is 1.24 bits per heavy atom. The van der Waals surface area contributed by atoms with Crippen LogP contribution in [-0.4, -0.2) is 8.42 Å². The third-order valence-corrected chi connectivity index (χ3v) is 5.70. The minimum Gasteiger partial charge on any atom is -0.218 e. The Balaban J connectivity index is 1.99. The van der Waals surface area contributed by atoms with E-state index in [1.807, 2.05) is 54.6 Å². The number of sulfone groups is 1. The van der Waals surface area contributed by atoms with Crippen molar-refractivity contribution in [1.82, 2.24) is 0 Å². The van der Waals surface area contributed by atoms with Gasteiger partial charge in [-0.3, -0.25) is 0 Å². The highest BCUT2D eigenvalue weighted by atomic mass is 32.2. The normalized spacial score (nSPS) is 14.5. The Kier molecular flexibility index (Phi) is 2.53. The molecule has 0 aliphatic carbocycles. The molecule has 1 heterocycles. The molecule has 0 radical (unpaired) electrons. The van der Waals surface area contributed by atoms with Crippen molar-refractivity contribution in [3.8, 4) is 22.3 Å². The van der Waals surface area contributed by atoms with Gasteiger partial charge in [0.25, 0.3) is 0 Å². The van der Waals surface area contributed by atoms with Crippen LogP contribution in [0, 0.1) is 0 Å². The van der Waals surface area contributed by atoms with E-state index in [0.717, 1.165) is 22.3 Å². The minimum atomic E-state index is -3.40. The molecule has 0 aromatic heterocycles. The minimum absolute atomic E-state index is 0.407. The highest BCUT2D eigenvalue weighted by Gasteiger charge is 2.32. The maximum absolute atomic E-state index is 12.7. The fourth-order valence-electron chi connectivity index (χ4n) is 2.82. The summed E-state index contributed by atoms with van der Waals surface area (Å²) < 4.78 is 25.3. The molecule has 0 amide bonds. The molecule has 102 valence electrons. The number of hydrogen-bond acceptors (Lipinski definition) is 2. The fraction of sp³-hybridized carbons (Fsp3) is 0. The van der Waals surface area contributed by atoms with Gasteiger partial charge in [0.05, 0.1) is 9.79 Å². The van der Waals surface area contributed by atoms with Gasteiger partial charge in [0.1, 0.15) is 0 Å². The van der Waals surface area contributed by atoms with Crippen LogP contribution in [0.5, 0.6) is 0 Å². The van der Waals surface area contributed by atoms with Crippen LogP contribution in [0.4, 0.5) is 0 Å². The summed E-state index contributed by atoms with van der Waals surface area (Å²) in [6.45, 7) is 0. The second kappa shape index (κ2) is 4.30. The zero-order chi connectivity index (χ0) is 14.4. The molecule has 4 rings (SSSR count). The van der Waals surface area contributed by atoms with E-state index in [4.69, 9.17) is 0 Å². The molecule has 0 atom stereocenters. The van der Waals surface area contributed by atoms with Gasteiger partial charge in [-0.15, -0.1) is 0 Å². The molecular formula is C18H12O2S. The van der Waals surface area contributed by atoms with Gasteiger partial charge in [0, 0.05) is 11.1 Å². The average molecular weight is 292 g/mol. The molecular weight excluding hydrogens is 280 g/mol. The molecule has 0 saturated carbocycles. The predicted molar refractivity (Wildman–Crippen MR) is 82.8 cm³/mol. The summed E-state index contributed by atoms with van der Waals surface area (Å²) in [6.07, 6.45) is 0. The van der Waals surface area contributed by atoms with E-state index in [1.54, 1.807) is 18.2 Å². The highest BCUT2D eigenvalue weighted by molar-refractivity contribution is 7.92. The summed E-state index contributed by atoms with van der Waals surface area (Å²) in [4.78, 5) is 0.815. The van der Waals surface area contributed by atoms with Gasteiger partial charge in [0.15, 0.2) is 0 Å². The number of fused-ring (bicyclic) bond motifs is 3. The van der Waals surface area contributed by atoms with Crippen LogP contribution in [0.2, 0.25) is 0 Å². The third-order valence-electron chi connectivity index (χ3n) is 3.84. The molecule has 1 aliphatic rings. The van der Waals surface area contributed by atoms with Crippen molar-refractivity contribution in [1.29, 1.82) is 0 Å². The number of hydrogen-bond donors (Lipinski definition) is 0. The largest absolute Gasteiger partial charge is 0.218 e. The summed E-state index contributed by atoms with van der Waals surface area (Å²) in [7, 11) is -3.40. The van der Waals surface area contributed by atoms with Crippen molar-refractivity contribution >= 4 is 9.84 Å². The van der Waals surface area contributed by atoms with Gasteiger partial charge < -0.3 is 0 Å². The first-order valence-electron chi connectivity index (χ1n) is 6.72. The van der Waals surface area contributed by atoms with Crippen molar-refractivity contribution < 1.29 is 8.42 Å². The second-order valence-electron chi connectivity index (χ2n) is 5.08. The smallest absolute Gasteiger partial charge is 0.207 e. The Bertz CT molecular complexity index is 942. The second-order valence-corrected chi connectivity index (χ2v) is 6.96. The lowest BCUT2D eigenvalue weighted by molar-refractivity contribution is 0.598. The number of rotatable bonds is 1. The zero-order valence-electron chi connectivity index (χ0n) is 11.2. The summed E-state index contributed by atoms with van der Waals surface area (Å²) in [5.74, 6) is 0. The Morgan fingerprint density at radius 1 is 0.571 bits per heavy atom. The van der Waals surface area contributed by atoms with Gasteiger partial charge in [-0.05, 0) is 23.3 Å². The molecule has 0 unspecified atom stereocenters. The van der Waals surface area contributed by atoms with Crippen LogP contribution in [-0.2, 0) is 9.84 Å². The monoisotopic (exact) mass is 292 g/mol. The first-order chi connectivity index (χ1) is 10.2. The molecule has 3 heteroatoms. The van der Waals surface area contributed by atoms with E-state index in [9.17, 15) is 8.42 Å². The summed E-state index contributed by atoms with van der Waals surface area (Å²) in [6, 6.07) is 22.6. The van der Waals surface area contributed by atoms with Crippen molar-refractivity contribution in [3.63, 3.8) is 0 Å². The van der Waals surface area contributed by atoms with Crippen molar-refractivity contribution in [2.75, 3.05) is 0 Å². The van der Waals surface area contributed by atoms with Crippen LogP contribution in [0.3, 0.4) is 0 Å².